The Kier molecular flexibility index (Phi) is 6.70. The third kappa shape index (κ3) is 5.48. The summed E-state index contributed by atoms with van der Waals surface area (Å²) in [5.41, 5.74) is 5.54. The standard InChI is InChI=1S/C25H26N2O4/c1-16-10-11-27(23(29)12-16)15-22(28)26-21(14-24(30)31)19-8-5-9-20(13-19)25-17(2)6-4-7-18(25)3/h4-13,21H,14-15H2,1-3H3,(H,26,28)(H,30,31)/t21-/m0/s1. The summed E-state index contributed by atoms with van der Waals surface area (Å²) in [6, 6.07) is 16.1. The van der Waals surface area contributed by atoms with Crippen LogP contribution in [0.15, 0.2) is 65.6 Å². The number of aromatic nitrogens is 1. The van der Waals surface area contributed by atoms with Crippen molar-refractivity contribution in [3.8, 4) is 11.1 Å². The fraction of sp³-hybridized carbons (Fsp3) is 0.240. The summed E-state index contributed by atoms with van der Waals surface area (Å²) in [7, 11) is 0. The molecule has 6 nitrogen and oxygen atoms in total. The average molecular weight is 418 g/mol. The molecule has 0 aliphatic heterocycles. The van der Waals surface area contributed by atoms with Crippen molar-refractivity contribution in [2.24, 2.45) is 0 Å². The summed E-state index contributed by atoms with van der Waals surface area (Å²) in [5.74, 6) is -1.44. The smallest absolute Gasteiger partial charge is 0.305 e. The zero-order valence-corrected chi connectivity index (χ0v) is 17.9. The van der Waals surface area contributed by atoms with Crippen molar-refractivity contribution < 1.29 is 14.7 Å². The van der Waals surface area contributed by atoms with Crippen LogP contribution in [0.3, 0.4) is 0 Å². The number of nitrogens with one attached hydrogen (secondary N) is 1. The van der Waals surface area contributed by atoms with Gasteiger partial charge in [0.1, 0.15) is 6.54 Å². The van der Waals surface area contributed by atoms with E-state index < -0.39 is 17.9 Å². The molecule has 2 N–H and O–H groups in total. The summed E-state index contributed by atoms with van der Waals surface area (Å²) in [4.78, 5) is 36.1. The SMILES string of the molecule is Cc1ccn(CC(=O)N[C@@H](CC(=O)O)c2cccc(-c3c(C)cccc3C)c2)c(=O)c1. The number of aryl methyl sites for hydroxylation is 3. The van der Waals surface area contributed by atoms with E-state index in [0.29, 0.717) is 5.56 Å². The Bertz CT molecular complexity index is 1160. The molecule has 0 unspecified atom stereocenters. The lowest BCUT2D eigenvalue weighted by Gasteiger charge is -2.19. The minimum Gasteiger partial charge on any atom is -0.481 e. The van der Waals surface area contributed by atoms with Gasteiger partial charge in [0.15, 0.2) is 0 Å². The molecule has 3 aromatic rings. The summed E-state index contributed by atoms with van der Waals surface area (Å²) < 4.78 is 1.30. The van der Waals surface area contributed by atoms with Crippen LogP contribution in [0.25, 0.3) is 11.1 Å². The maximum Gasteiger partial charge on any atom is 0.305 e. The number of carbonyl (C=O) groups excluding carboxylic acids is 1. The predicted octanol–water partition coefficient (Wildman–Crippen LogP) is 3.77. The van der Waals surface area contributed by atoms with Crippen LogP contribution >= 0.6 is 0 Å². The van der Waals surface area contributed by atoms with Gasteiger partial charge in [0, 0.05) is 12.3 Å². The molecule has 1 atom stereocenters. The first kappa shape index (κ1) is 22.0. The number of rotatable bonds is 7. The highest BCUT2D eigenvalue weighted by atomic mass is 16.4. The summed E-state index contributed by atoms with van der Waals surface area (Å²) in [6.45, 7) is 5.69. The fourth-order valence-corrected chi connectivity index (χ4v) is 3.74. The van der Waals surface area contributed by atoms with Gasteiger partial charge in [-0.15, -0.1) is 0 Å². The zero-order chi connectivity index (χ0) is 22.5. The maximum atomic E-state index is 12.6. The van der Waals surface area contributed by atoms with Crippen LogP contribution in [0.4, 0.5) is 0 Å². The number of pyridine rings is 1. The maximum absolute atomic E-state index is 12.6. The minimum atomic E-state index is -1.02. The minimum absolute atomic E-state index is 0.175. The van der Waals surface area contributed by atoms with Crippen LogP contribution in [0, 0.1) is 20.8 Å². The molecule has 31 heavy (non-hydrogen) atoms. The van der Waals surface area contributed by atoms with Gasteiger partial charge in [-0.05, 0) is 66.3 Å². The van der Waals surface area contributed by atoms with E-state index >= 15 is 0 Å². The molecule has 160 valence electrons. The Balaban J connectivity index is 1.88. The lowest BCUT2D eigenvalue weighted by Crippen LogP contribution is -2.35. The van der Waals surface area contributed by atoms with Gasteiger partial charge >= 0.3 is 5.97 Å². The van der Waals surface area contributed by atoms with Gasteiger partial charge in [-0.25, -0.2) is 0 Å². The van der Waals surface area contributed by atoms with Crippen LogP contribution in [0.2, 0.25) is 0 Å². The molecular weight excluding hydrogens is 392 g/mol. The van der Waals surface area contributed by atoms with E-state index in [0.717, 1.165) is 27.8 Å². The number of amides is 1. The van der Waals surface area contributed by atoms with Crippen molar-refractivity contribution in [3.63, 3.8) is 0 Å². The molecule has 3 rings (SSSR count). The molecule has 0 aliphatic rings. The van der Waals surface area contributed by atoms with Crippen LogP contribution in [-0.4, -0.2) is 21.6 Å². The molecule has 0 saturated carbocycles. The highest BCUT2D eigenvalue weighted by Gasteiger charge is 2.19. The fourth-order valence-electron chi connectivity index (χ4n) is 3.74. The Labute approximate surface area is 181 Å². The van der Waals surface area contributed by atoms with Gasteiger partial charge in [-0.3, -0.25) is 14.4 Å². The van der Waals surface area contributed by atoms with Crippen LogP contribution in [0.1, 0.15) is 34.7 Å². The topological polar surface area (TPSA) is 88.4 Å². The second-order valence-corrected chi connectivity index (χ2v) is 7.78. The van der Waals surface area contributed by atoms with Crippen LogP contribution in [0.5, 0.6) is 0 Å². The van der Waals surface area contributed by atoms with Crippen LogP contribution in [-0.2, 0) is 16.1 Å². The number of carboxylic acid groups (broad SMARTS) is 1. The highest BCUT2D eigenvalue weighted by molar-refractivity contribution is 5.78. The Morgan fingerprint density at radius 2 is 1.68 bits per heavy atom. The zero-order valence-electron chi connectivity index (χ0n) is 17.9. The molecule has 0 saturated heterocycles. The Morgan fingerprint density at radius 1 is 1.00 bits per heavy atom. The molecular formula is C25H26N2O4. The quantitative estimate of drug-likeness (QED) is 0.611. The molecule has 0 fully saturated rings. The molecule has 0 aliphatic carbocycles. The van der Waals surface area contributed by atoms with E-state index in [1.54, 1.807) is 19.2 Å². The van der Waals surface area contributed by atoms with Crippen molar-refractivity contribution in [2.45, 2.75) is 39.8 Å². The second kappa shape index (κ2) is 9.43. The van der Waals surface area contributed by atoms with E-state index in [2.05, 4.69) is 5.32 Å². The van der Waals surface area contributed by atoms with Crippen LogP contribution < -0.4 is 10.9 Å². The molecule has 0 radical (unpaired) electrons. The van der Waals surface area contributed by atoms with E-state index in [1.807, 2.05) is 56.3 Å². The molecule has 6 heteroatoms. The van der Waals surface area contributed by atoms with Gasteiger partial charge in [0.25, 0.3) is 5.56 Å². The predicted molar refractivity (Wildman–Crippen MR) is 120 cm³/mol. The number of carboxylic acids is 1. The van der Waals surface area contributed by atoms with Gasteiger partial charge in [0.05, 0.1) is 12.5 Å². The number of benzene rings is 2. The largest absolute Gasteiger partial charge is 0.481 e. The van der Waals surface area contributed by atoms with E-state index in [9.17, 15) is 19.5 Å². The molecule has 1 aromatic heterocycles. The van der Waals surface area contributed by atoms with Gasteiger partial charge in [0.2, 0.25) is 5.91 Å². The molecule has 2 aromatic carbocycles. The van der Waals surface area contributed by atoms with Crippen molar-refractivity contribution in [1.29, 1.82) is 0 Å². The monoisotopic (exact) mass is 418 g/mol. The van der Waals surface area contributed by atoms with Crippen molar-refractivity contribution in [1.82, 2.24) is 9.88 Å². The first-order valence-electron chi connectivity index (χ1n) is 10.1. The molecule has 0 spiro atoms. The van der Waals surface area contributed by atoms with Crippen molar-refractivity contribution in [3.05, 3.63) is 93.4 Å². The summed E-state index contributed by atoms with van der Waals surface area (Å²) in [5, 5.41) is 12.2. The summed E-state index contributed by atoms with van der Waals surface area (Å²) >= 11 is 0. The van der Waals surface area contributed by atoms with Crippen molar-refractivity contribution in [2.75, 3.05) is 0 Å². The lowest BCUT2D eigenvalue weighted by molar-refractivity contribution is -0.137. The van der Waals surface area contributed by atoms with E-state index in [-0.39, 0.29) is 18.5 Å². The van der Waals surface area contributed by atoms with E-state index in [4.69, 9.17) is 0 Å². The number of hydrogen-bond acceptors (Lipinski definition) is 3. The average Bonchev–Trinajstić information content (AvgIpc) is 2.69. The van der Waals surface area contributed by atoms with E-state index in [1.165, 1.54) is 10.6 Å². The first-order chi connectivity index (χ1) is 14.7. The molecule has 1 heterocycles. The number of nitrogens with zero attached hydrogens (tertiary/aromatic N) is 1. The second-order valence-electron chi connectivity index (χ2n) is 7.78. The Morgan fingerprint density at radius 3 is 2.32 bits per heavy atom. The number of carbonyl (C=O) groups is 2. The third-order valence-corrected chi connectivity index (χ3v) is 5.24. The highest BCUT2D eigenvalue weighted by Crippen LogP contribution is 2.29. The normalized spacial score (nSPS) is 11.7. The van der Waals surface area contributed by atoms with Crippen molar-refractivity contribution >= 4 is 11.9 Å². The first-order valence-corrected chi connectivity index (χ1v) is 10.1. The number of aliphatic carboxylic acids is 1. The molecule has 0 bridgehead atoms. The van der Waals surface area contributed by atoms with Gasteiger partial charge in [-0.2, -0.15) is 0 Å². The third-order valence-electron chi connectivity index (χ3n) is 5.24. The summed E-state index contributed by atoms with van der Waals surface area (Å²) in [6.07, 6.45) is 1.30. The molecule has 1 amide bonds. The Hall–Kier alpha value is -3.67. The van der Waals surface area contributed by atoms with Gasteiger partial charge < -0.3 is 15.0 Å². The number of hydrogen-bond donors (Lipinski definition) is 2. The lowest BCUT2D eigenvalue weighted by atomic mass is 9.92. The van der Waals surface area contributed by atoms with Gasteiger partial charge in [-0.1, -0.05) is 36.4 Å².